The molecule has 3 aromatic heterocycles. The number of nitrogens with zero attached hydrogens (tertiary/aromatic N) is 6. The quantitative estimate of drug-likeness (QED) is 0.455. The van der Waals surface area contributed by atoms with Crippen LogP contribution < -0.4 is 10.2 Å². The van der Waals surface area contributed by atoms with Crippen molar-refractivity contribution in [3.8, 4) is 0 Å². The van der Waals surface area contributed by atoms with Crippen LogP contribution in [0.3, 0.4) is 0 Å². The number of hydrogen-bond acceptors (Lipinski definition) is 7. The van der Waals surface area contributed by atoms with Gasteiger partial charge in [-0.1, -0.05) is 12.1 Å². The first-order chi connectivity index (χ1) is 13.2. The number of halogens is 1. The zero-order valence-corrected chi connectivity index (χ0v) is 15.9. The fourth-order valence-corrected chi connectivity index (χ4v) is 3.62. The lowest BCUT2D eigenvalue weighted by molar-refractivity contribution is 0.198. The Morgan fingerprint density at radius 2 is 2.15 bits per heavy atom. The number of anilines is 2. The Labute approximate surface area is 162 Å². The Hall–Kier alpha value is -2.72. The Balaban J connectivity index is 1.47. The van der Waals surface area contributed by atoms with Crippen molar-refractivity contribution >= 4 is 44.5 Å². The van der Waals surface area contributed by atoms with E-state index in [0.29, 0.717) is 30.6 Å². The van der Waals surface area contributed by atoms with Gasteiger partial charge >= 0.3 is 0 Å². The maximum atomic E-state index is 9.83. The Morgan fingerprint density at radius 1 is 1.26 bits per heavy atom. The molecule has 0 aliphatic carbocycles. The summed E-state index contributed by atoms with van der Waals surface area (Å²) in [7, 11) is 0. The van der Waals surface area contributed by atoms with Gasteiger partial charge in [0.1, 0.15) is 5.82 Å². The number of nitrogens with one attached hydrogen (secondary N) is 2. The molecular weight excluding hydrogens is 412 g/mol. The lowest BCUT2D eigenvalue weighted by Gasteiger charge is -2.17. The summed E-state index contributed by atoms with van der Waals surface area (Å²) < 4.78 is 2.45. The van der Waals surface area contributed by atoms with Crippen molar-refractivity contribution < 1.29 is 5.11 Å². The number of rotatable bonds is 4. The standard InChI is InChI=1S/C17H17BrN8O/c18-11-7-20-26-15(11)23-17(25-6-5-10(27)9-25)24-16(26)19-8-14-21-12-3-1-2-4-13(12)22-14/h1-4,7,10,27H,5-6,8-9H2,(H,21,22)(H,19,23,24)/t10-/m1/s1. The number of H-pyrrole nitrogens is 1. The second kappa shape index (κ2) is 6.46. The molecule has 10 heteroatoms. The molecule has 9 nitrogen and oxygen atoms in total. The van der Waals surface area contributed by atoms with Crippen molar-refractivity contribution in [3.05, 3.63) is 40.8 Å². The highest BCUT2D eigenvalue weighted by Crippen LogP contribution is 2.24. The van der Waals surface area contributed by atoms with E-state index in [1.165, 1.54) is 0 Å². The molecule has 0 radical (unpaired) electrons. The third-order valence-corrected chi connectivity index (χ3v) is 5.17. The van der Waals surface area contributed by atoms with Crippen LogP contribution in [0, 0.1) is 0 Å². The zero-order valence-electron chi connectivity index (χ0n) is 14.3. The van der Waals surface area contributed by atoms with Crippen LogP contribution >= 0.6 is 15.9 Å². The lowest BCUT2D eigenvalue weighted by atomic mass is 10.3. The van der Waals surface area contributed by atoms with Crippen LogP contribution in [0.5, 0.6) is 0 Å². The van der Waals surface area contributed by atoms with Crippen LogP contribution in [0.25, 0.3) is 16.7 Å². The summed E-state index contributed by atoms with van der Waals surface area (Å²) in [6.07, 6.45) is 2.07. The number of imidazole rings is 1. The lowest BCUT2D eigenvalue weighted by Crippen LogP contribution is -2.24. The summed E-state index contributed by atoms with van der Waals surface area (Å²) in [5, 5.41) is 17.5. The van der Waals surface area contributed by atoms with Gasteiger partial charge in [-0.2, -0.15) is 19.6 Å². The van der Waals surface area contributed by atoms with Crippen molar-refractivity contribution in [1.29, 1.82) is 0 Å². The van der Waals surface area contributed by atoms with Gasteiger partial charge < -0.3 is 20.3 Å². The summed E-state index contributed by atoms with van der Waals surface area (Å²) in [4.78, 5) is 19.1. The highest BCUT2D eigenvalue weighted by molar-refractivity contribution is 9.10. The maximum absolute atomic E-state index is 9.83. The van der Waals surface area contributed by atoms with Gasteiger partial charge in [0.25, 0.3) is 0 Å². The number of aromatic amines is 1. The summed E-state index contributed by atoms with van der Waals surface area (Å²) in [5.74, 6) is 1.96. The van der Waals surface area contributed by atoms with Crippen molar-refractivity contribution in [3.63, 3.8) is 0 Å². The topological polar surface area (TPSA) is 107 Å². The van der Waals surface area contributed by atoms with E-state index in [-0.39, 0.29) is 6.10 Å². The van der Waals surface area contributed by atoms with Gasteiger partial charge in [-0.05, 0) is 34.5 Å². The minimum absolute atomic E-state index is 0.342. The number of para-hydroxylation sites is 2. The molecule has 1 aliphatic rings. The number of β-amino-alcohol motifs (C(OH)–C–C–N with tert-alkyl or cyclic N) is 1. The molecule has 138 valence electrons. The third-order valence-electron chi connectivity index (χ3n) is 4.61. The molecule has 1 aliphatic heterocycles. The molecule has 4 heterocycles. The van der Waals surface area contributed by atoms with Crippen molar-refractivity contribution in [2.24, 2.45) is 0 Å². The van der Waals surface area contributed by atoms with E-state index in [1.54, 1.807) is 10.7 Å². The van der Waals surface area contributed by atoms with E-state index in [4.69, 9.17) is 0 Å². The van der Waals surface area contributed by atoms with E-state index < -0.39 is 0 Å². The smallest absolute Gasteiger partial charge is 0.230 e. The first-order valence-electron chi connectivity index (χ1n) is 8.69. The molecule has 0 amide bonds. The van der Waals surface area contributed by atoms with Gasteiger partial charge in [-0.3, -0.25) is 0 Å². The molecule has 27 heavy (non-hydrogen) atoms. The minimum Gasteiger partial charge on any atom is -0.391 e. The van der Waals surface area contributed by atoms with E-state index in [1.807, 2.05) is 29.2 Å². The predicted octanol–water partition coefficient (Wildman–Crippen LogP) is 1.95. The molecule has 3 N–H and O–H groups in total. The van der Waals surface area contributed by atoms with Crippen molar-refractivity contribution in [1.82, 2.24) is 29.5 Å². The van der Waals surface area contributed by atoms with E-state index in [9.17, 15) is 5.11 Å². The Bertz CT molecular complexity index is 1090. The van der Waals surface area contributed by atoms with Crippen LogP contribution in [-0.2, 0) is 6.54 Å². The number of aliphatic hydroxyl groups is 1. The molecule has 4 aromatic rings. The minimum atomic E-state index is -0.342. The van der Waals surface area contributed by atoms with E-state index in [0.717, 1.165) is 34.3 Å². The monoisotopic (exact) mass is 428 g/mol. The molecule has 1 atom stereocenters. The molecular formula is C17H17BrN8O. The number of hydrogen-bond donors (Lipinski definition) is 3. The van der Waals surface area contributed by atoms with Gasteiger partial charge in [-0.15, -0.1) is 0 Å². The number of aromatic nitrogens is 6. The predicted molar refractivity (Wildman–Crippen MR) is 105 cm³/mol. The van der Waals surface area contributed by atoms with Gasteiger partial charge in [0, 0.05) is 13.1 Å². The van der Waals surface area contributed by atoms with Crippen LogP contribution in [0.1, 0.15) is 12.2 Å². The van der Waals surface area contributed by atoms with Crippen LogP contribution in [0.4, 0.5) is 11.9 Å². The highest BCUT2D eigenvalue weighted by Gasteiger charge is 2.24. The van der Waals surface area contributed by atoms with Crippen LogP contribution in [-0.4, -0.2) is 53.9 Å². The average Bonchev–Trinajstić information content (AvgIpc) is 3.38. The summed E-state index contributed by atoms with van der Waals surface area (Å²) in [6.45, 7) is 1.73. The second-order valence-corrected chi connectivity index (χ2v) is 7.37. The summed E-state index contributed by atoms with van der Waals surface area (Å²) in [5.41, 5.74) is 2.60. The molecule has 1 fully saturated rings. The van der Waals surface area contributed by atoms with Crippen molar-refractivity contribution in [2.75, 3.05) is 23.3 Å². The van der Waals surface area contributed by atoms with Crippen LogP contribution in [0.2, 0.25) is 0 Å². The SMILES string of the molecule is O[C@@H]1CCN(c2nc(NCc3nc4ccccc4[nH]3)n3ncc(Br)c3n2)C1. The third kappa shape index (κ3) is 3.00. The van der Waals surface area contributed by atoms with E-state index in [2.05, 4.69) is 46.3 Å². The molecule has 1 saturated heterocycles. The number of aliphatic hydroxyl groups excluding tert-OH is 1. The fourth-order valence-electron chi connectivity index (χ4n) is 3.27. The normalized spacial score (nSPS) is 17.3. The first-order valence-corrected chi connectivity index (χ1v) is 9.48. The maximum Gasteiger partial charge on any atom is 0.230 e. The van der Waals surface area contributed by atoms with Gasteiger partial charge in [-0.25, -0.2) is 4.98 Å². The Morgan fingerprint density at radius 3 is 2.96 bits per heavy atom. The molecule has 0 spiro atoms. The van der Waals surface area contributed by atoms with Gasteiger partial charge in [0.15, 0.2) is 5.65 Å². The van der Waals surface area contributed by atoms with Crippen LogP contribution in [0.15, 0.2) is 34.9 Å². The number of fused-ring (bicyclic) bond motifs is 2. The molecule has 0 unspecified atom stereocenters. The van der Waals surface area contributed by atoms with E-state index >= 15 is 0 Å². The highest BCUT2D eigenvalue weighted by atomic mass is 79.9. The average molecular weight is 429 g/mol. The summed E-state index contributed by atoms with van der Waals surface area (Å²) in [6, 6.07) is 7.91. The zero-order chi connectivity index (χ0) is 18.4. The molecule has 0 bridgehead atoms. The van der Waals surface area contributed by atoms with Gasteiger partial charge in [0.2, 0.25) is 11.9 Å². The second-order valence-electron chi connectivity index (χ2n) is 6.52. The molecule has 5 rings (SSSR count). The fraction of sp³-hybridized carbons (Fsp3) is 0.294. The summed E-state index contributed by atoms with van der Waals surface area (Å²) >= 11 is 3.49. The molecule has 1 aromatic carbocycles. The van der Waals surface area contributed by atoms with Gasteiger partial charge in [0.05, 0.1) is 34.4 Å². The largest absolute Gasteiger partial charge is 0.391 e. The number of benzene rings is 1. The first kappa shape index (κ1) is 16.5. The van der Waals surface area contributed by atoms with Crippen molar-refractivity contribution in [2.45, 2.75) is 19.1 Å². The Kier molecular flexibility index (Phi) is 3.94. The molecule has 0 saturated carbocycles.